The van der Waals surface area contributed by atoms with Crippen LogP contribution < -0.4 is 14.4 Å². The summed E-state index contributed by atoms with van der Waals surface area (Å²) >= 11 is 6.02. The Morgan fingerprint density at radius 2 is 1.67 bits per heavy atom. The molecule has 0 aliphatic heterocycles. The number of carbonyl (C=O) groups is 2. The molecule has 2 amide bonds. The average Bonchev–Trinajstić information content (AvgIpc) is 2.77. The van der Waals surface area contributed by atoms with Crippen LogP contribution in [0.3, 0.4) is 0 Å². The molecule has 1 atom stereocenters. The van der Waals surface area contributed by atoms with Gasteiger partial charge in [-0.15, -0.1) is 0 Å². The number of nitrogens with zero attached hydrogens (tertiary/aromatic N) is 2. The first-order valence-electron chi connectivity index (χ1n) is 11.8. The van der Waals surface area contributed by atoms with Gasteiger partial charge in [0.25, 0.3) is 0 Å². The minimum atomic E-state index is -3.86. The van der Waals surface area contributed by atoms with Crippen molar-refractivity contribution in [3.63, 3.8) is 0 Å². The van der Waals surface area contributed by atoms with Gasteiger partial charge in [-0.05, 0) is 63.9 Å². The van der Waals surface area contributed by atoms with Crippen LogP contribution in [0.15, 0.2) is 48.5 Å². The molecule has 0 aliphatic rings. The lowest BCUT2D eigenvalue weighted by Gasteiger charge is -2.34. The van der Waals surface area contributed by atoms with E-state index in [1.165, 1.54) is 4.90 Å². The molecule has 0 saturated heterocycles. The van der Waals surface area contributed by atoms with Gasteiger partial charge < -0.3 is 15.0 Å². The van der Waals surface area contributed by atoms with Crippen molar-refractivity contribution in [2.75, 3.05) is 23.7 Å². The van der Waals surface area contributed by atoms with Gasteiger partial charge in [-0.3, -0.25) is 13.9 Å². The van der Waals surface area contributed by atoms with Gasteiger partial charge in [0.1, 0.15) is 18.3 Å². The van der Waals surface area contributed by atoms with Crippen LogP contribution in [0, 0.1) is 0 Å². The molecule has 0 saturated carbocycles. The number of amides is 2. The van der Waals surface area contributed by atoms with E-state index in [9.17, 15) is 18.0 Å². The maximum Gasteiger partial charge on any atom is 0.244 e. The van der Waals surface area contributed by atoms with Crippen molar-refractivity contribution in [1.82, 2.24) is 10.2 Å². The Hall–Kier alpha value is -2.78. The number of para-hydroxylation sites is 2. The van der Waals surface area contributed by atoms with Gasteiger partial charge in [0.05, 0.1) is 18.6 Å². The first kappa shape index (κ1) is 29.5. The van der Waals surface area contributed by atoms with Crippen LogP contribution in [0.2, 0.25) is 5.02 Å². The molecule has 0 unspecified atom stereocenters. The molecule has 10 heteroatoms. The van der Waals surface area contributed by atoms with Crippen molar-refractivity contribution in [2.45, 2.75) is 59.2 Å². The second kappa shape index (κ2) is 12.5. The van der Waals surface area contributed by atoms with E-state index in [1.54, 1.807) is 55.5 Å². The van der Waals surface area contributed by atoms with Crippen LogP contribution in [0.25, 0.3) is 0 Å². The molecule has 0 radical (unpaired) electrons. The lowest BCUT2D eigenvalue weighted by molar-refractivity contribution is -0.141. The number of ether oxygens (including phenoxy) is 1. The Balaban J connectivity index is 2.49. The lowest BCUT2D eigenvalue weighted by Crippen LogP contribution is -2.55. The van der Waals surface area contributed by atoms with Gasteiger partial charge in [0, 0.05) is 17.1 Å². The smallest absolute Gasteiger partial charge is 0.244 e. The molecule has 198 valence electrons. The highest BCUT2D eigenvalue weighted by atomic mass is 35.5. The van der Waals surface area contributed by atoms with Crippen LogP contribution in [-0.4, -0.2) is 56.1 Å². The van der Waals surface area contributed by atoms with Crippen molar-refractivity contribution in [2.24, 2.45) is 0 Å². The number of benzene rings is 2. The summed E-state index contributed by atoms with van der Waals surface area (Å²) in [4.78, 5) is 28.4. The predicted octanol–water partition coefficient (Wildman–Crippen LogP) is 4.23. The van der Waals surface area contributed by atoms with E-state index >= 15 is 0 Å². The fourth-order valence-electron chi connectivity index (χ4n) is 3.69. The third kappa shape index (κ3) is 8.41. The van der Waals surface area contributed by atoms with Crippen molar-refractivity contribution in [3.05, 3.63) is 59.1 Å². The van der Waals surface area contributed by atoms with Gasteiger partial charge in [0.15, 0.2) is 0 Å². The Morgan fingerprint density at radius 3 is 2.19 bits per heavy atom. The number of anilines is 1. The minimum Gasteiger partial charge on any atom is -0.492 e. The second-order valence-corrected chi connectivity index (χ2v) is 11.8. The zero-order valence-electron chi connectivity index (χ0n) is 21.7. The summed E-state index contributed by atoms with van der Waals surface area (Å²) in [6.45, 7) is 9.13. The molecule has 2 rings (SSSR count). The maximum atomic E-state index is 13.8. The highest BCUT2D eigenvalue weighted by Gasteiger charge is 2.33. The van der Waals surface area contributed by atoms with Crippen LogP contribution in [0.5, 0.6) is 5.75 Å². The molecule has 0 fully saturated rings. The van der Waals surface area contributed by atoms with Gasteiger partial charge >= 0.3 is 0 Å². The second-order valence-electron chi connectivity index (χ2n) is 9.48. The molecule has 0 aliphatic carbocycles. The van der Waals surface area contributed by atoms with Crippen LogP contribution in [0.4, 0.5) is 5.69 Å². The van der Waals surface area contributed by atoms with Crippen molar-refractivity contribution in [1.29, 1.82) is 0 Å². The van der Waals surface area contributed by atoms with E-state index in [2.05, 4.69) is 5.32 Å². The number of carbonyl (C=O) groups excluding carboxylic acids is 2. The topological polar surface area (TPSA) is 96.0 Å². The Morgan fingerprint density at radius 1 is 1.06 bits per heavy atom. The lowest BCUT2D eigenvalue weighted by atomic mass is 10.1. The predicted molar refractivity (Wildman–Crippen MR) is 144 cm³/mol. The van der Waals surface area contributed by atoms with Crippen LogP contribution in [0.1, 0.15) is 46.6 Å². The van der Waals surface area contributed by atoms with Gasteiger partial charge in [0.2, 0.25) is 21.8 Å². The number of halogens is 1. The van der Waals surface area contributed by atoms with E-state index in [-0.39, 0.29) is 18.1 Å². The van der Waals surface area contributed by atoms with E-state index in [0.717, 1.165) is 16.1 Å². The molecule has 2 aromatic rings. The third-order valence-electron chi connectivity index (χ3n) is 5.26. The first-order valence-corrected chi connectivity index (χ1v) is 14.0. The molecule has 1 N–H and O–H groups in total. The molecule has 0 spiro atoms. The van der Waals surface area contributed by atoms with Gasteiger partial charge in [-0.25, -0.2) is 8.42 Å². The molecule has 2 aromatic carbocycles. The molecule has 8 nitrogen and oxygen atoms in total. The van der Waals surface area contributed by atoms with Crippen LogP contribution in [-0.2, 0) is 26.2 Å². The molecule has 36 heavy (non-hydrogen) atoms. The third-order valence-corrected chi connectivity index (χ3v) is 6.64. The Labute approximate surface area is 219 Å². The zero-order valence-corrected chi connectivity index (χ0v) is 23.3. The largest absolute Gasteiger partial charge is 0.492 e. The van der Waals surface area contributed by atoms with Gasteiger partial charge in [-0.2, -0.15) is 0 Å². The minimum absolute atomic E-state index is 0.108. The molecular weight excluding hydrogens is 502 g/mol. The molecule has 0 bridgehead atoms. The maximum absolute atomic E-state index is 13.8. The Bertz CT molecular complexity index is 1150. The van der Waals surface area contributed by atoms with Crippen molar-refractivity contribution >= 4 is 39.1 Å². The van der Waals surface area contributed by atoms with Crippen molar-refractivity contribution in [3.8, 4) is 5.75 Å². The zero-order chi connectivity index (χ0) is 27.1. The van der Waals surface area contributed by atoms with Gasteiger partial charge in [-0.1, -0.05) is 42.8 Å². The number of hydrogen-bond donors (Lipinski definition) is 1. The summed E-state index contributed by atoms with van der Waals surface area (Å²) in [6.07, 6.45) is 1.38. The first-order chi connectivity index (χ1) is 16.8. The standard InChI is InChI=1S/C26H36ClN3O5S/c1-7-21(25(32)28-26(3,4)5)29(17-19-13-15-20(27)16-14-19)24(31)18-30(36(6,33)34)22-11-9-10-12-23(22)35-8-2/h9-16,21H,7-8,17-18H2,1-6H3,(H,28,32)/t21-/m0/s1. The van der Waals surface area contributed by atoms with E-state index in [0.29, 0.717) is 23.8 Å². The highest BCUT2D eigenvalue weighted by Crippen LogP contribution is 2.30. The summed E-state index contributed by atoms with van der Waals surface area (Å²) in [7, 11) is -3.86. The fraction of sp³-hybridized carbons (Fsp3) is 0.462. The van der Waals surface area contributed by atoms with E-state index in [1.807, 2.05) is 27.7 Å². The molecule has 0 aromatic heterocycles. The van der Waals surface area contributed by atoms with Crippen LogP contribution >= 0.6 is 11.6 Å². The summed E-state index contributed by atoms with van der Waals surface area (Å²) < 4.78 is 32.3. The molecule has 0 heterocycles. The monoisotopic (exact) mass is 537 g/mol. The SMILES string of the molecule is CCOc1ccccc1N(CC(=O)N(Cc1ccc(Cl)cc1)[C@@H](CC)C(=O)NC(C)(C)C)S(C)(=O)=O. The highest BCUT2D eigenvalue weighted by molar-refractivity contribution is 7.92. The summed E-state index contributed by atoms with van der Waals surface area (Å²) in [5.41, 5.74) is 0.513. The number of sulfonamides is 1. The summed E-state index contributed by atoms with van der Waals surface area (Å²) in [5.74, 6) is -0.481. The molecular formula is C26H36ClN3O5S. The number of rotatable bonds is 11. The average molecular weight is 538 g/mol. The Kier molecular flexibility index (Phi) is 10.2. The van der Waals surface area contributed by atoms with E-state index < -0.39 is 34.1 Å². The van der Waals surface area contributed by atoms with E-state index in [4.69, 9.17) is 16.3 Å². The normalized spacial score (nSPS) is 12.5. The summed E-state index contributed by atoms with van der Waals surface area (Å²) in [5, 5.41) is 3.48. The van der Waals surface area contributed by atoms with Crippen molar-refractivity contribution < 1.29 is 22.7 Å². The number of hydrogen-bond acceptors (Lipinski definition) is 5. The number of nitrogens with one attached hydrogen (secondary N) is 1. The summed E-state index contributed by atoms with van der Waals surface area (Å²) in [6, 6.07) is 12.8. The fourth-order valence-corrected chi connectivity index (χ4v) is 4.67. The quantitative estimate of drug-likeness (QED) is 0.463.